The molecule has 0 saturated carbocycles. The maximum Gasteiger partial charge on any atom is 0.334 e. The number of unbranched alkanes of at least 4 members (excludes halogenated alkanes) is 2. The van der Waals surface area contributed by atoms with Crippen molar-refractivity contribution in [1.82, 2.24) is 0 Å². The first-order valence-electron chi connectivity index (χ1n) is 8.79. The molecule has 0 aromatic heterocycles. The first-order valence-corrected chi connectivity index (χ1v) is 8.79. The molecule has 0 bridgehead atoms. The third-order valence-electron chi connectivity index (χ3n) is 4.12. The molecule has 0 aliphatic rings. The van der Waals surface area contributed by atoms with E-state index in [0.29, 0.717) is 24.7 Å². The van der Waals surface area contributed by atoms with Crippen LogP contribution in [0, 0.1) is 11.3 Å². The second kappa shape index (κ2) is 11.3. The van der Waals surface area contributed by atoms with E-state index in [1.165, 1.54) is 0 Å². The summed E-state index contributed by atoms with van der Waals surface area (Å²) in [5.74, 6) is -0.423. The molecule has 4 nitrogen and oxygen atoms in total. The van der Waals surface area contributed by atoms with Crippen LogP contribution in [-0.4, -0.2) is 25.2 Å². The molecule has 0 aliphatic carbocycles. The Balaban J connectivity index is 4.96. The van der Waals surface area contributed by atoms with Crippen molar-refractivity contribution in [2.45, 2.75) is 73.6 Å². The Bertz CT molecular complexity index is 394. The van der Waals surface area contributed by atoms with Crippen LogP contribution in [-0.2, 0) is 19.1 Å². The fourth-order valence-electron chi connectivity index (χ4n) is 1.74. The van der Waals surface area contributed by atoms with Crippen LogP contribution in [0.2, 0.25) is 0 Å². The summed E-state index contributed by atoms with van der Waals surface area (Å²) >= 11 is 0. The van der Waals surface area contributed by atoms with Crippen molar-refractivity contribution in [3.05, 3.63) is 11.6 Å². The van der Waals surface area contributed by atoms with E-state index >= 15 is 0 Å². The molecular formula is C19H34O4. The van der Waals surface area contributed by atoms with Crippen LogP contribution in [0.3, 0.4) is 0 Å². The summed E-state index contributed by atoms with van der Waals surface area (Å²) in [6.45, 7) is 13.2. The SMILES string of the molecule is CCCCOC(=O)C/C(=C\C(C)(C)C(C)C)C(=O)OCCCC. The van der Waals surface area contributed by atoms with Crippen LogP contribution >= 0.6 is 0 Å². The van der Waals surface area contributed by atoms with Gasteiger partial charge in [-0.25, -0.2) is 4.79 Å². The molecule has 0 radical (unpaired) electrons. The van der Waals surface area contributed by atoms with Crippen LogP contribution in [0.1, 0.15) is 73.6 Å². The number of ether oxygens (including phenoxy) is 2. The Labute approximate surface area is 141 Å². The van der Waals surface area contributed by atoms with Crippen LogP contribution in [0.25, 0.3) is 0 Å². The molecule has 0 fully saturated rings. The molecule has 0 aromatic carbocycles. The van der Waals surface area contributed by atoms with Gasteiger partial charge < -0.3 is 9.47 Å². The lowest BCUT2D eigenvalue weighted by atomic mass is 9.79. The average molecular weight is 326 g/mol. The van der Waals surface area contributed by atoms with Gasteiger partial charge in [0.05, 0.1) is 19.6 Å². The van der Waals surface area contributed by atoms with Gasteiger partial charge in [-0.15, -0.1) is 0 Å². The van der Waals surface area contributed by atoms with Crippen molar-refractivity contribution in [3.8, 4) is 0 Å². The van der Waals surface area contributed by atoms with Crippen LogP contribution in [0.4, 0.5) is 0 Å². The van der Waals surface area contributed by atoms with Crippen LogP contribution in [0.5, 0.6) is 0 Å². The summed E-state index contributed by atoms with van der Waals surface area (Å²) in [6, 6.07) is 0. The zero-order valence-corrected chi connectivity index (χ0v) is 15.7. The number of carbonyl (C=O) groups is 2. The first kappa shape index (κ1) is 21.7. The number of allylic oxidation sites excluding steroid dienone is 1. The van der Waals surface area contributed by atoms with E-state index in [4.69, 9.17) is 9.47 Å². The third-order valence-corrected chi connectivity index (χ3v) is 4.12. The average Bonchev–Trinajstić information content (AvgIpc) is 2.46. The summed E-state index contributed by atoms with van der Waals surface area (Å²) in [6.07, 6.45) is 5.44. The maximum absolute atomic E-state index is 12.3. The molecule has 0 amide bonds. The lowest BCUT2D eigenvalue weighted by Crippen LogP contribution is -2.21. The van der Waals surface area contributed by atoms with Crippen molar-refractivity contribution >= 4 is 11.9 Å². The maximum atomic E-state index is 12.3. The monoisotopic (exact) mass is 326 g/mol. The second-order valence-corrected chi connectivity index (χ2v) is 6.89. The van der Waals surface area contributed by atoms with E-state index in [2.05, 4.69) is 27.7 Å². The van der Waals surface area contributed by atoms with Crippen molar-refractivity contribution in [1.29, 1.82) is 0 Å². The molecule has 4 heteroatoms. The normalized spacial score (nSPS) is 12.4. The Kier molecular flexibility index (Phi) is 10.6. The van der Waals surface area contributed by atoms with E-state index in [-0.39, 0.29) is 17.8 Å². The van der Waals surface area contributed by atoms with E-state index in [1.807, 2.05) is 19.9 Å². The highest BCUT2D eigenvalue weighted by Crippen LogP contribution is 2.30. The highest BCUT2D eigenvalue weighted by molar-refractivity contribution is 5.94. The smallest absolute Gasteiger partial charge is 0.334 e. The van der Waals surface area contributed by atoms with Gasteiger partial charge in [-0.2, -0.15) is 0 Å². The van der Waals surface area contributed by atoms with Gasteiger partial charge in [0.25, 0.3) is 0 Å². The molecule has 0 aliphatic heterocycles. The summed E-state index contributed by atoms with van der Waals surface area (Å²) in [5.41, 5.74) is 0.212. The Morgan fingerprint density at radius 2 is 1.52 bits per heavy atom. The number of carbonyl (C=O) groups excluding carboxylic acids is 2. The van der Waals surface area contributed by atoms with E-state index in [0.717, 1.165) is 25.7 Å². The molecule has 134 valence electrons. The zero-order valence-electron chi connectivity index (χ0n) is 15.7. The Morgan fingerprint density at radius 1 is 1.00 bits per heavy atom. The standard InChI is InChI=1S/C19H34O4/c1-7-9-11-22-17(20)13-16(14-19(5,6)15(3)4)18(21)23-12-10-8-2/h14-15H,7-13H2,1-6H3/b16-14+. The quantitative estimate of drug-likeness (QED) is 0.314. The zero-order chi connectivity index (χ0) is 17.9. The van der Waals surface area contributed by atoms with Gasteiger partial charge in [-0.05, 0) is 24.2 Å². The minimum absolute atomic E-state index is 0.0230. The highest BCUT2D eigenvalue weighted by atomic mass is 16.5. The summed E-state index contributed by atoms with van der Waals surface area (Å²) in [4.78, 5) is 24.2. The van der Waals surface area contributed by atoms with Gasteiger partial charge in [0.15, 0.2) is 0 Å². The molecule has 0 atom stereocenters. The number of hydrogen-bond acceptors (Lipinski definition) is 4. The minimum Gasteiger partial charge on any atom is -0.465 e. The Morgan fingerprint density at radius 3 is 2.00 bits per heavy atom. The van der Waals surface area contributed by atoms with Gasteiger partial charge in [-0.1, -0.05) is 60.5 Å². The van der Waals surface area contributed by atoms with E-state index in [9.17, 15) is 9.59 Å². The van der Waals surface area contributed by atoms with Gasteiger partial charge in [0, 0.05) is 5.57 Å². The topological polar surface area (TPSA) is 52.6 Å². The first-order chi connectivity index (χ1) is 10.7. The van der Waals surface area contributed by atoms with Crippen molar-refractivity contribution in [2.75, 3.05) is 13.2 Å². The molecule has 0 rings (SSSR count). The van der Waals surface area contributed by atoms with Crippen LogP contribution in [0.15, 0.2) is 11.6 Å². The van der Waals surface area contributed by atoms with E-state index < -0.39 is 5.97 Å². The largest absolute Gasteiger partial charge is 0.465 e. The fourth-order valence-corrected chi connectivity index (χ4v) is 1.74. The van der Waals surface area contributed by atoms with Crippen molar-refractivity contribution in [2.24, 2.45) is 11.3 Å². The van der Waals surface area contributed by atoms with Gasteiger partial charge in [0.2, 0.25) is 0 Å². The lowest BCUT2D eigenvalue weighted by Gasteiger charge is -2.26. The molecule has 0 spiro atoms. The molecule has 0 aromatic rings. The predicted octanol–water partition coefficient (Wildman–Crippen LogP) is 4.67. The highest BCUT2D eigenvalue weighted by Gasteiger charge is 2.25. The Hall–Kier alpha value is -1.32. The van der Waals surface area contributed by atoms with Crippen LogP contribution < -0.4 is 0 Å². The predicted molar refractivity (Wildman–Crippen MR) is 93.1 cm³/mol. The fraction of sp³-hybridized carbons (Fsp3) is 0.789. The van der Waals surface area contributed by atoms with Crippen molar-refractivity contribution < 1.29 is 19.1 Å². The molecule has 23 heavy (non-hydrogen) atoms. The van der Waals surface area contributed by atoms with Gasteiger partial charge in [0.1, 0.15) is 0 Å². The second-order valence-electron chi connectivity index (χ2n) is 6.89. The van der Waals surface area contributed by atoms with Gasteiger partial charge in [-0.3, -0.25) is 4.79 Å². The summed E-state index contributed by atoms with van der Waals surface area (Å²) < 4.78 is 10.5. The molecule has 0 unspecified atom stereocenters. The van der Waals surface area contributed by atoms with Crippen molar-refractivity contribution in [3.63, 3.8) is 0 Å². The summed E-state index contributed by atoms with van der Waals surface area (Å²) in [7, 11) is 0. The number of rotatable bonds is 11. The summed E-state index contributed by atoms with van der Waals surface area (Å²) in [5, 5.41) is 0. The molecule has 0 saturated heterocycles. The van der Waals surface area contributed by atoms with Gasteiger partial charge >= 0.3 is 11.9 Å². The molecule has 0 heterocycles. The van der Waals surface area contributed by atoms with E-state index in [1.54, 1.807) is 0 Å². The number of esters is 2. The minimum atomic E-state index is -0.403. The molecular weight excluding hydrogens is 292 g/mol. The number of hydrogen-bond donors (Lipinski definition) is 0. The molecule has 0 N–H and O–H groups in total. The lowest BCUT2D eigenvalue weighted by molar-refractivity contribution is -0.146. The third kappa shape index (κ3) is 9.42.